The van der Waals surface area contributed by atoms with E-state index in [2.05, 4.69) is 6.07 Å². The van der Waals surface area contributed by atoms with Gasteiger partial charge in [-0.25, -0.2) is 4.79 Å². The van der Waals surface area contributed by atoms with Crippen LogP contribution in [0.15, 0.2) is 74.6 Å². The SMILES string of the molecule is O=C(COc1ccc2ccc(=O)oc2c1)N(CCc1cccs1)Cc1cccs1. The number of amides is 1. The van der Waals surface area contributed by atoms with E-state index >= 15 is 0 Å². The molecule has 0 saturated heterocycles. The Hall–Kier alpha value is -2.90. The van der Waals surface area contributed by atoms with Crippen LogP contribution in [0.4, 0.5) is 0 Å². The Morgan fingerprint density at radius 1 is 1.00 bits per heavy atom. The molecule has 0 aliphatic rings. The number of nitrogens with zero attached hydrogens (tertiary/aromatic N) is 1. The van der Waals surface area contributed by atoms with Crippen molar-refractivity contribution in [3.05, 3.63) is 85.5 Å². The molecule has 0 aliphatic carbocycles. The average molecular weight is 426 g/mol. The number of hydrogen-bond acceptors (Lipinski definition) is 6. The predicted molar refractivity (Wildman–Crippen MR) is 116 cm³/mol. The maximum atomic E-state index is 12.9. The van der Waals surface area contributed by atoms with Crippen molar-refractivity contribution in [2.45, 2.75) is 13.0 Å². The minimum atomic E-state index is -0.415. The Kier molecular flexibility index (Phi) is 6.07. The number of hydrogen-bond donors (Lipinski definition) is 0. The molecule has 29 heavy (non-hydrogen) atoms. The fourth-order valence-electron chi connectivity index (χ4n) is 2.95. The molecular formula is C22H19NO4S2. The van der Waals surface area contributed by atoms with E-state index in [1.54, 1.807) is 46.9 Å². The van der Waals surface area contributed by atoms with Crippen LogP contribution in [0.1, 0.15) is 9.75 Å². The first-order valence-corrected chi connectivity index (χ1v) is 10.9. The Balaban J connectivity index is 1.43. The lowest BCUT2D eigenvalue weighted by Gasteiger charge is -2.22. The Morgan fingerprint density at radius 2 is 1.76 bits per heavy atom. The third-order valence-electron chi connectivity index (χ3n) is 4.44. The highest BCUT2D eigenvalue weighted by Crippen LogP contribution is 2.20. The molecule has 4 rings (SSSR count). The zero-order valence-electron chi connectivity index (χ0n) is 15.6. The highest BCUT2D eigenvalue weighted by Gasteiger charge is 2.16. The fraction of sp³-hybridized carbons (Fsp3) is 0.182. The summed E-state index contributed by atoms with van der Waals surface area (Å²) in [5.74, 6) is 0.416. The molecule has 4 aromatic rings. The number of benzene rings is 1. The fourth-order valence-corrected chi connectivity index (χ4v) is 4.37. The zero-order chi connectivity index (χ0) is 20.1. The van der Waals surface area contributed by atoms with E-state index in [1.807, 2.05) is 33.9 Å². The summed E-state index contributed by atoms with van der Waals surface area (Å²) in [6.45, 7) is 1.13. The summed E-state index contributed by atoms with van der Waals surface area (Å²) in [5.41, 5.74) is 0.0250. The summed E-state index contributed by atoms with van der Waals surface area (Å²) in [4.78, 5) is 28.5. The lowest BCUT2D eigenvalue weighted by atomic mass is 10.2. The molecule has 0 radical (unpaired) electrons. The Morgan fingerprint density at radius 3 is 2.52 bits per heavy atom. The predicted octanol–water partition coefficient (Wildman–Crippen LogP) is 4.57. The van der Waals surface area contributed by atoms with E-state index in [0.29, 0.717) is 24.4 Å². The second kappa shape index (κ2) is 9.07. The first-order chi connectivity index (χ1) is 14.2. The Bertz CT molecular complexity index is 1130. The summed E-state index contributed by atoms with van der Waals surface area (Å²) < 4.78 is 10.9. The molecule has 1 amide bonds. The van der Waals surface area contributed by atoms with Gasteiger partial charge in [-0.05, 0) is 47.5 Å². The summed E-state index contributed by atoms with van der Waals surface area (Å²) in [7, 11) is 0. The van der Waals surface area contributed by atoms with Gasteiger partial charge in [0.15, 0.2) is 6.61 Å². The maximum Gasteiger partial charge on any atom is 0.336 e. The van der Waals surface area contributed by atoms with Crippen molar-refractivity contribution in [1.29, 1.82) is 0 Å². The minimum absolute atomic E-state index is 0.0710. The monoisotopic (exact) mass is 425 g/mol. The van der Waals surface area contributed by atoms with Crippen LogP contribution >= 0.6 is 22.7 Å². The van der Waals surface area contributed by atoms with Crippen molar-refractivity contribution in [2.75, 3.05) is 13.2 Å². The van der Waals surface area contributed by atoms with Crippen LogP contribution in [0.3, 0.4) is 0 Å². The molecular weight excluding hydrogens is 406 g/mol. The highest BCUT2D eigenvalue weighted by atomic mass is 32.1. The largest absolute Gasteiger partial charge is 0.484 e. The van der Waals surface area contributed by atoms with Gasteiger partial charge in [-0.15, -0.1) is 22.7 Å². The molecule has 0 fully saturated rings. The van der Waals surface area contributed by atoms with E-state index < -0.39 is 5.63 Å². The van der Waals surface area contributed by atoms with Gasteiger partial charge in [0, 0.05) is 33.8 Å². The number of carbonyl (C=O) groups is 1. The van der Waals surface area contributed by atoms with Gasteiger partial charge in [-0.1, -0.05) is 12.1 Å². The van der Waals surface area contributed by atoms with Gasteiger partial charge in [-0.2, -0.15) is 0 Å². The van der Waals surface area contributed by atoms with E-state index in [9.17, 15) is 9.59 Å². The van der Waals surface area contributed by atoms with E-state index in [4.69, 9.17) is 9.15 Å². The standard InChI is InChI=1S/C22H19NO4S2/c24-21(15-26-17-7-5-16-6-8-22(25)27-20(16)13-17)23(14-19-4-2-12-29-19)10-9-18-3-1-11-28-18/h1-8,11-13H,9-10,14-15H2. The molecule has 5 nitrogen and oxygen atoms in total. The molecule has 0 N–H and O–H groups in total. The van der Waals surface area contributed by atoms with Gasteiger partial charge in [0.05, 0.1) is 6.54 Å². The molecule has 0 spiro atoms. The smallest absolute Gasteiger partial charge is 0.336 e. The minimum Gasteiger partial charge on any atom is -0.484 e. The number of carbonyl (C=O) groups excluding carboxylic acids is 1. The van der Waals surface area contributed by atoms with Gasteiger partial charge < -0.3 is 14.1 Å². The number of fused-ring (bicyclic) bond motifs is 1. The highest BCUT2D eigenvalue weighted by molar-refractivity contribution is 7.10. The third kappa shape index (κ3) is 5.13. The molecule has 0 unspecified atom stereocenters. The molecule has 148 valence electrons. The van der Waals surface area contributed by atoms with E-state index in [0.717, 1.165) is 16.7 Å². The summed E-state index contributed by atoms with van der Waals surface area (Å²) in [6.07, 6.45) is 0.815. The average Bonchev–Trinajstić information content (AvgIpc) is 3.43. The van der Waals surface area contributed by atoms with Gasteiger partial charge in [0.2, 0.25) is 0 Å². The van der Waals surface area contributed by atoms with Crippen LogP contribution in [0.25, 0.3) is 11.0 Å². The second-order valence-electron chi connectivity index (χ2n) is 6.47. The van der Waals surface area contributed by atoms with Crippen LogP contribution in [0, 0.1) is 0 Å². The van der Waals surface area contributed by atoms with Crippen molar-refractivity contribution >= 4 is 39.5 Å². The summed E-state index contributed by atoms with van der Waals surface area (Å²) in [6, 6.07) is 16.4. The van der Waals surface area contributed by atoms with E-state index in [-0.39, 0.29) is 12.5 Å². The molecule has 0 aliphatic heterocycles. The molecule has 7 heteroatoms. The lowest BCUT2D eigenvalue weighted by Crippen LogP contribution is -2.35. The maximum absolute atomic E-state index is 12.9. The first-order valence-electron chi connectivity index (χ1n) is 9.17. The lowest BCUT2D eigenvalue weighted by molar-refractivity contribution is -0.133. The quantitative estimate of drug-likeness (QED) is 0.388. The van der Waals surface area contributed by atoms with Gasteiger partial charge in [0.25, 0.3) is 5.91 Å². The van der Waals surface area contributed by atoms with Crippen molar-refractivity contribution in [2.24, 2.45) is 0 Å². The molecule has 1 aromatic carbocycles. The number of rotatable bonds is 8. The van der Waals surface area contributed by atoms with Gasteiger partial charge in [0.1, 0.15) is 11.3 Å². The summed E-state index contributed by atoms with van der Waals surface area (Å²) >= 11 is 3.33. The third-order valence-corrected chi connectivity index (χ3v) is 6.24. The molecule has 3 aromatic heterocycles. The number of thiophene rings is 2. The Labute approximate surface area is 175 Å². The molecule has 0 atom stereocenters. The molecule has 0 bridgehead atoms. The van der Waals surface area contributed by atoms with Crippen LogP contribution in [0.5, 0.6) is 5.75 Å². The van der Waals surface area contributed by atoms with E-state index in [1.165, 1.54) is 10.9 Å². The van der Waals surface area contributed by atoms with Crippen LogP contribution in [-0.2, 0) is 17.8 Å². The molecule has 3 heterocycles. The normalized spacial score (nSPS) is 10.9. The summed E-state index contributed by atoms with van der Waals surface area (Å²) in [5, 5.41) is 4.86. The first kappa shape index (κ1) is 19.4. The molecule has 0 saturated carbocycles. The van der Waals surface area contributed by atoms with Crippen LogP contribution < -0.4 is 10.4 Å². The topological polar surface area (TPSA) is 59.8 Å². The second-order valence-corrected chi connectivity index (χ2v) is 8.53. The zero-order valence-corrected chi connectivity index (χ0v) is 17.2. The van der Waals surface area contributed by atoms with Crippen molar-refractivity contribution in [3.8, 4) is 5.75 Å². The van der Waals surface area contributed by atoms with Crippen LogP contribution in [-0.4, -0.2) is 24.0 Å². The number of ether oxygens (including phenoxy) is 1. The van der Waals surface area contributed by atoms with Crippen molar-refractivity contribution in [3.63, 3.8) is 0 Å². The van der Waals surface area contributed by atoms with Gasteiger partial charge in [-0.3, -0.25) is 4.79 Å². The van der Waals surface area contributed by atoms with Gasteiger partial charge >= 0.3 is 5.63 Å². The van der Waals surface area contributed by atoms with Crippen molar-refractivity contribution in [1.82, 2.24) is 4.90 Å². The van der Waals surface area contributed by atoms with Crippen LogP contribution in [0.2, 0.25) is 0 Å². The van der Waals surface area contributed by atoms with Crippen molar-refractivity contribution < 1.29 is 13.9 Å².